The lowest BCUT2D eigenvalue weighted by atomic mass is 9.85. The lowest BCUT2D eigenvalue weighted by molar-refractivity contribution is -0.137. The first-order valence-corrected chi connectivity index (χ1v) is 13.5. The van der Waals surface area contributed by atoms with Gasteiger partial charge in [-0.1, -0.05) is 24.3 Å². The van der Waals surface area contributed by atoms with Crippen LogP contribution in [0, 0.1) is 5.82 Å². The van der Waals surface area contributed by atoms with Crippen LogP contribution in [0.15, 0.2) is 42.5 Å². The average Bonchev–Trinajstić information content (AvgIpc) is 3.61. The van der Waals surface area contributed by atoms with E-state index in [1.165, 1.54) is 35.1 Å². The first-order chi connectivity index (χ1) is 17.5. The van der Waals surface area contributed by atoms with Gasteiger partial charge in [0.15, 0.2) is 0 Å². The number of likely N-dealkylation sites (N-methyl/N-ethyl adjacent to an activating group) is 1. The molecule has 4 aliphatic rings. The Bertz CT molecular complexity index is 1150. The van der Waals surface area contributed by atoms with Crippen molar-refractivity contribution in [3.8, 4) is 0 Å². The Kier molecular flexibility index (Phi) is 5.98. The van der Waals surface area contributed by atoms with Crippen LogP contribution in [0.4, 0.5) is 14.9 Å². The molecule has 190 valence electrons. The molecule has 3 aliphatic heterocycles. The molecule has 6 rings (SSSR count). The molecule has 0 radical (unpaired) electrons. The Hall–Kier alpha value is -2.93. The maximum absolute atomic E-state index is 14.4. The molecule has 2 aromatic carbocycles. The predicted octanol–water partition coefficient (Wildman–Crippen LogP) is 4.21. The summed E-state index contributed by atoms with van der Waals surface area (Å²) < 4.78 is 14.4. The first-order valence-electron chi connectivity index (χ1n) is 13.5. The van der Waals surface area contributed by atoms with Crippen LogP contribution in [-0.4, -0.2) is 70.9 Å². The number of amides is 3. The Morgan fingerprint density at radius 1 is 0.944 bits per heavy atom. The van der Waals surface area contributed by atoms with E-state index in [2.05, 4.69) is 34.1 Å². The van der Waals surface area contributed by atoms with Crippen LogP contribution in [0.1, 0.15) is 49.3 Å². The maximum atomic E-state index is 14.4. The van der Waals surface area contributed by atoms with Crippen molar-refractivity contribution in [3.05, 3.63) is 65.0 Å². The standard InChI is InChI=1S/C29H35FN4O2/c1-2-33-28(36)34(24-18-22-6-5-7-26(30)25(22)19-24)27(35)29(33)12-16-31(17-13-29)20-21-8-10-23(11-9-21)32-14-3-4-15-32/h5-11,24H,2-4,12-20H2,1H3. The van der Waals surface area contributed by atoms with E-state index in [1.54, 1.807) is 11.0 Å². The lowest BCUT2D eigenvalue weighted by Gasteiger charge is -2.42. The minimum absolute atomic E-state index is 0.0813. The van der Waals surface area contributed by atoms with Crippen molar-refractivity contribution in [1.29, 1.82) is 0 Å². The molecule has 3 fully saturated rings. The second-order valence-corrected chi connectivity index (χ2v) is 10.8. The van der Waals surface area contributed by atoms with E-state index < -0.39 is 5.54 Å². The fraction of sp³-hybridized carbons (Fsp3) is 0.517. The molecule has 2 aromatic rings. The summed E-state index contributed by atoms with van der Waals surface area (Å²) in [4.78, 5) is 35.4. The highest BCUT2D eigenvalue weighted by atomic mass is 19.1. The second kappa shape index (κ2) is 9.18. The third-order valence-corrected chi connectivity index (χ3v) is 8.86. The summed E-state index contributed by atoms with van der Waals surface area (Å²) in [5.41, 5.74) is 3.38. The van der Waals surface area contributed by atoms with Crippen LogP contribution in [0.3, 0.4) is 0 Å². The quantitative estimate of drug-likeness (QED) is 0.589. The zero-order chi connectivity index (χ0) is 24.9. The van der Waals surface area contributed by atoms with Crippen molar-refractivity contribution >= 4 is 17.6 Å². The molecule has 0 aromatic heterocycles. The summed E-state index contributed by atoms with van der Waals surface area (Å²) >= 11 is 0. The van der Waals surface area contributed by atoms with Crippen molar-refractivity contribution in [2.24, 2.45) is 0 Å². The van der Waals surface area contributed by atoms with Crippen LogP contribution in [0.2, 0.25) is 0 Å². The topological polar surface area (TPSA) is 47.1 Å². The highest BCUT2D eigenvalue weighted by molar-refractivity contribution is 6.07. The third kappa shape index (κ3) is 3.79. The van der Waals surface area contributed by atoms with Crippen molar-refractivity contribution in [1.82, 2.24) is 14.7 Å². The summed E-state index contributed by atoms with van der Waals surface area (Å²) in [5.74, 6) is -0.319. The summed E-state index contributed by atoms with van der Waals surface area (Å²) in [6.45, 7) is 7.15. The number of imide groups is 1. The van der Waals surface area contributed by atoms with Gasteiger partial charge in [-0.25, -0.2) is 9.18 Å². The molecule has 1 atom stereocenters. The molecule has 3 amide bonds. The van der Waals surface area contributed by atoms with Gasteiger partial charge >= 0.3 is 6.03 Å². The first kappa shape index (κ1) is 23.5. The summed E-state index contributed by atoms with van der Waals surface area (Å²) in [6, 6.07) is 13.5. The number of hydrogen-bond donors (Lipinski definition) is 0. The Morgan fingerprint density at radius 2 is 1.67 bits per heavy atom. The zero-order valence-electron chi connectivity index (χ0n) is 21.1. The highest BCUT2D eigenvalue weighted by Gasteiger charge is 2.59. The molecule has 1 spiro atoms. The van der Waals surface area contributed by atoms with E-state index in [4.69, 9.17) is 0 Å². The van der Waals surface area contributed by atoms with Gasteiger partial charge in [0.25, 0.3) is 5.91 Å². The number of nitrogens with zero attached hydrogens (tertiary/aromatic N) is 4. The number of likely N-dealkylation sites (tertiary alicyclic amines) is 1. The van der Waals surface area contributed by atoms with Crippen LogP contribution in [0.25, 0.3) is 0 Å². The molecule has 0 bridgehead atoms. The zero-order valence-corrected chi connectivity index (χ0v) is 21.1. The number of rotatable bonds is 5. The highest BCUT2D eigenvalue weighted by Crippen LogP contribution is 2.40. The van der Waals surface area contributed by atoms with E-state index in [-0.39, 0.29) is 23.8 Å². The molecule has 36 heavy (non-hydrogen) atoms. The van der Waals surface area contributed by atoms with Crippen LogP contribution < -0.4 is 4.90 Å². The van der Waals surface area contributed by atoms with Gasteiger partial charge in [0.2, 0.25) is 0 Å². The van der Waals surface area contributed by atoms with Crippen molar-refractivity contribution in [3.63, 3.8) is 0 Å². The Morgan fingerprint density at radius 3 is 2.33 bits per heavy atom. The molecule has 0 N–H and O–H groups in total. The number of hydrogen-bond acceptors (Lipinski definition) is 4. The number of piperidine rings is 1. The molecular formula is C29H35FN4O2. The van der Waals surface area contributed by atoms with Gasteiger partial charge < -0.3 is 9.80 Å². The smallest absolute Gasteiger partial charge is 0.327 e. The average molecular weight is 491 g/mol. The van der Waals surface area contributed by atoms with E-state index >= 15 is 0 Å². The van der Waals surface area contributed by atoms with Gasteiger partial charge in [-0.15, -0.1) is 0 Å². The lowest BCUT2D eigenvalue weighted by Crippen LogP contribution is -2.56. The van der Waals surface area contributed by atoms with Gasteiger partial charge in [-0.2, -0.15) is 0 Å². The number of anilines is 1. The number of carbonyl (C=O) groups excluding carboxylic acids is 2. The van der Waals surface area contributed by atoms with Crippen molar-refractivity contribution < 1.29 is 14.0 Å². The van der Waals surface area contributed by atoms with Gasteiger partial charge in [-0.05, 0) is 80.3 Å². The monoisotopic (exact) mass is 490 g/mol. The van der Waals surface area contributed by atoms with E-state index in [0.29, 0.717) is 37.8 Å². The Balaban J connectivity index is 1.13. The number of carbonyl (C=O) groups is 2. The van der Waals surface area contributed by atoms with Crippen molar-refractivity contribution in [2.75, 3.05) is 37.6 Å². The number of halogens is 1. The van der Waals surface area contributed by atoms with Gasteiger partial charge in [0, 0.05) is 51.0 Å². The van der Waals surface area contributed by atoms with Crippen molar-refractivity contribution in [2.45, 2.75) is 63.6 Å². The van der Waals surface area contributed by atoms with Gasteiger partial charge in [0.05, 0.1) is 0 Å². The maximum Gasteiger partial charge on any atom is 0.327 e. The molecule has 0 saturated carbocycles. The molecule has 3 saturated heterocycles. The molecular weight excluding hydrogens is 455 g/mol. The largest absolute Gasteiger partial charge is 0.372 e. The van der Waals surface area contributed by atoms with E-state index in [9.17, 15) is 14.0 Å². The van der Waals surface area contributed by atoms with Gasteiger partial charge in [0.1, 0.15) is 11.4 Å². The number of benzene rings is 2. The minimum atomic E-state index is -0.769. The second-order valence-electron chi connectivity index (χ2n) is 10.8. The summed E-state index contributed by atoms with van der Waals surface area (Å²) in [5, 5.41) is 0. The fourth-order valence-electron chi connectivity index (χ4n) is 6.88. The Labute approximate surface area is 212 Å². The van der Waals surface area contributed by atoms with Crippen LogP contribution in [-0.2, 0) is 24.2 Å². The SMILES string of the molecule is CCN1C(=O)N(C2Cc3cccc(F)c3C2)C(=O)C12CCN(Cc1ccc(N3CCCC3)cc1)CC2. The van der Waals surface area contributed by atoms with Crippen LogP contribution in [0.5, 0.6) is 0 Å². The predicted molar refractivity (Wildman–Crippen MR) is 137 cm³/mol. The molecule has 1 unspecified atom stereocenters. The fourth-order valence-corrected chi connectivity index (χ4v) is 6.88. The normalized spacial score (nSPS) is 23.8. The molecule has 7 heteroatoms. The van der Waals surface area contributed by atoms with E-state index in [1.807, 2.05) is 13.0 Å². The summed E-state index contributed by atoms with van der Waals surface area (Å²) in [7, 11) is 0. The molecule has 3 heterocycles. The van der Waals surface area contributed by atoms with Crippen LogP contribution >= 0.6 is 0 Å². The summed E-state index contributed by atoms with van der Waals surface area (Å²) in [6.07, 6.45) is 4.78. The molecule has 1 aliphatic carbocycles. The van der Waals surface area contributed by atoms with Gasteiger partial charge in [-0.3, -0.25) is 14.6 Å². The van der Waals surface area contributed by atoms with E-state index in [0.717, 1.165) is 38.3 Å². The number of urea groups is 1. The molecule has 6 nitrogen and oxygen atoms in total. The number of fused-ring (bicyclic) bond motifs is 1. The third-order valence-electron chi connectivity index (χ3n) is 8.86. The minimum Gasteiger partial charge on any atom is -0.372 e.